The summed E-state index contributed by atoms with van der Waals surface area (Å²) in [7, 11) is -3.06. The average molecular weight is 277 g/mol. The van der Waals surface area contributed by atoms with Crippen molar-refractivity contribution < 1.29 is 17.9 Å². The molecule has 0 unspecified atom stereocenters. The lowest BCUT2D eigenvalue weighted by Crippen LogP contribution is -2.16. The first kappa shape index (κ1) is 14.0. The van der Waals surface area contributed by atoms with Gasteiger partial charge >= 0.3 is 0 Å². The molecule has 1 rings (SSSR count). The topological polar surface area (TPSA) is 60.4 Å². The summed E-state index contributed by atoms with van der Waals surface area (Å²) in [6.07, 6.45) is 0.621. The summed E-state index contributed by atoms with van der Waals surface area (Å²) in [5.74, 6) is 0.359. The fourth-order valence-corrected chi connectivity index (χ4v) is 1.97. The van der Waals surface area contributed by atoms with Gasteiger partial charge in [0, 0.05) is 10.8 Å². The van der Waals surface area contributed by atoms with E-state index >= 15 is 0 Å². The van der Waals surface area contributed by atoms with E-state index in [1.165, 1.54) is 6.07 Å². The maximum Gasteiger partial charge on any atom is 0.153 e. The Hall–Kier alpha value is -1.07. The minimum absolute atomic E-state index is 0.0264. The maximum atomic E-state index is 11.2. The molecule has 0 aliphatic heterocycles. The number of hydrogen-bond donors (Lipinski definition) is 0. The summed E-state index contributed by atoms with van der Waals surface area (Å²) in [5, 5.41) is 0.431. The Labute approximate surface area is 105 Å². The molecule has 0 atom stereocenters. The monoisotopic (exact) mass is 276 g/mol. The quantitative estimate of drug-likeness (QED) is 0.745. The molecule has 0 spiro atoms. The molecule has 0 heterocycles. The Morgan fingerprint density at radius 2 is 2.12 bits per heavy atom. The van der Waals surface area contributed by atoms with Crippen molar-refractivity contribution in [1.29, 1.82) is 0 Å². The number of hydrogen-bond acceptors (Lipinski definition) is 4. The van der Waals surface area contributed by atoms with E-state index in [1.807, 2.05) is 0 Å². The summed E-state index contributed by atoms with van der Waals surface area (Å²) < 4.78 is 27.7. The lowest BCUT2D eigenvalue weighted by molar-refractivity contribution is 0.112. The van der Waals surface area contributed by atoms with Crippen LogP contribution in [-0.4, -0.2) is 32.8 Å². The van der Waals surface area contributed by atoms with Crippen LogP contribution in [0.15, 0.2) is 18.2 Å². The van der Waals surface area contributed by atoms with Crippen LogP contribution in [0.5, 0.6) is 5.75 Å². The number of halogens is 1. The van der Waals surface area contributed by atoms with Crippen molar-refractivity contribution in [3.8, 4) is 5.75 Å². The molecule has 0 bridgehead atoms. The van der Waals surface area contributed by atoms with Crippen LogP contribution in [0.3, 0.4) is 0 Å². The maximum absolute atomic E-state index is 11.2. The van der Waals surface area contributed by atoms with Crippen LogP contribution < -0.4 is 4.74 Å². The fourth-order valence-electron chi connectivity index (χ4n) is 1.17. The average Bonchev–Trinajstić information content (AvgIpc) is 2.30. The van der Waals surface area contributed by atoms with E-state index in [1.54, 1.807) is 19.1 Å². The SMILES string of the molecule is CCS(=O)(=O)CCOc1ccc(Cl)cc1C=O. The number of carbonyl (C=O) groups excluding carboxylic acids is 1. The van der Waals surface area contributed by atoms with Crippen LogP contribution in [0.1, 0.15) is 17.3 Å². The lowest BCUT2D eigenvalue weighted by atomic mass is 10.2. The Bertz CT molecular complexity index is 496. The van der Waals surface area contributed by atoms with Gasteiger partial charge < -0.3 is 4.74 Å². The normalized spacial score (nSPS) is 11.2. The Morgan fingerprint density at radius 1 is 1.41 bits per heavy atom. The van der Waals surface area contributed by atoms with Gasteiger partial charge in [-0.3, -0.25) is 4.79 Å². The molecular weight excluding hydrogens is 264 g/mol. The van der Waals surface area contributed by atoms with E-state index in [9.17, 15) is 13.2 Å². The van der Waals surface area contributed by atoms with Crippen LogP contribution in [0.4, 0.5) is 0 Å². The number of carbonyl (C=O) groups is 1. The summed E-state index contributed by atoms with van der Waals surface area (Å²) in [4.78, 5) is 10.7. The van der Waals surface area contributed by atoms with Crippen LogP contribution in [0.25, 0.3) is 0 Å². The molecule has 0 aliphatic rings. The van der Waals surface area contributed by atoms with Crippen molar-refractivity contribution in [3.05, 3.63) is 28.8 Å². The van der Waals surface area contributed by atoms with Gasteiger partial charge in [-0.2, -0.15) is 0 Å². The predicted molar refractivity (Wildman–Crippen MR) is 66.7 cm³/mol. The minimum atomic E-state index is -3.06. The number of benzene rings is 1. The number of rotatable bonds is 6. The highest BCUT2D eigenvalue weighted by atomic mass is 35.5. The summed E-state index contributed by atoms with van der Waals surface area (Å²) in [6.45, 7) is 1.60. The molecular formula is C11H13ClO4S. The molecule has 17 heavy (non-hydrogen) atoms. The van der Waals surface area contributed by atoms with Gasteiger partial charge in [-0.05, 0) is 18.2 Å². The van der Waals surface area contributed by atoms with Gasteiger partial charge in [-0.25, -0.2) is 8.42 Å². The van der Waals surface area contributed by atoms with Crippen molar-refractivity contribution in [1.82, 2.24) is 0 Å². The second-order valence-electron chi connectivity index (χ2n) is 3.38. The molecule has 0 saturated carbocycles. The van der Waals surface area contributed by atoms with Gasteiger partial charge in [0.25, 0.3) is 0 Å². The molecule has 4 nitrogen and oxygen atoms in total. The fraction of sp³-hybridized carbons (Fsp3) is 0.364. The third kappa shape index (κ3) is 4.36. The molecule has 0 radical (unpaired) electrons. The summed E-state index contributed by atoms with van der Waals surface area (Å²) in [6, 6.07) is 4.60. The number of ether oxygens (including phenoxy) is 1. The van der Waals surface area contributed by atoms with Crippen molar-refractivity contribution >= 4 is 27.7 Å². The van der Waals surface area contributed by atoms with E-state index < -0.39 is 9.84 Å². The smallest absolute Gasteiger partial charge is 0.153 e. The predicted octanol–water partition coefficient (Wildman–Crippen LogP) is 1.97. The second-order valence-corrected chi connectivity index (χ2v) is 6.29. The number of sulfone groups is 1. The van der Waals surface area contributed by atoms with Gasteiger partial charge in [0.1, 0.15) is 12.4 Å². The van der Waals surface area contributed by atoms with E-state index in [0.717, 1.165) is 0 Å². The van der Waals surface area contributed by atoms with Gasteiger partial charge in [0.2, 0.25) is 0 Å². The summed E-state index contributed by atoms with van der Waals surface area (Å²) in [5.41, 5.74) is 0.311. The summed E-state index contributed by atoms with van der Waals surface area (Å²) >= 11 is 5.71. The molecule has 94 valence electrons. The van der Waals surface area contributed by atoms with Crippen molar-refractivity contribution in [2.75, 3.05) is 18.1 Å². The van der Waals surface area contributed by atoms with E-state index in [4.69, 9.17) is 16.3 Å². The molecule has 0 aliphatic carbocycles. The van der Waals surface area contributed by atoms with Crippen molar-refractivity contribution in [2.24, 2.45) is 0 Å². The molecule has 6 heteroatoms. The van der Waals surface area contributed by atoms with Crippen molar-refractivity contribution in [2.45, 2.75) is 6.92 Å². The second kappa shape index (κ2) is 6.02. The van der Waals surface area contributed by atoms with Gasteiger partial charge in [-0.15, -0.1) is 0 Å². The molecule has 0 N–H and O–H groups in total. The van der Waals surface area contributed by atoms with Gasteiger partial charge in [0.15, 0.2) is 16.1 Å². The largest absolute Gasteiger partial charge is 0.492 e. The molecule has 0 aromatic heterocycles. The zero-order chi connectivity index (χ0) is 12.9. The first-order chi connectivity index (χ1) is 7.98. The van der Waals surface area contributed by atoms with E-state index in [2.05, 4.69) is 0 Å². The highest BCUT2D eigenvalue weighted by molar-refractivity contribution is 7.91. The van der Waals surface area contributed by atoms with Crippen LogP contribution in [0, 0.1) is 0 Å². The lowest BCUT2D eigenvalue weighted by Gasteiger charge is -2.08. The molecule has 1 aromatic rings. The standard InChI is InChI=1S/C11H13ClO4S/c1-2-17(14,15)6-5-16-11-4-3-10(12)7-9(11)8-13/h3-4,7-8H,2,5-6H2,1H3. The third-order valence-electron chi connectivity index (χ3n) is 2.19. The highest BCUT2D eigenvalue weighted by Gasteiger charge is 2.09. The van der Waals surface area contributed by atoms with E-state index in [0.29, 0.717) is 22.6 Å². The number of aldehydes is 1. The Balaban J connectivity index is 2.67. The minimum Gasteiger partial charge on any atom is -0.492 e. The Kier molecular flexibility index (Phi) is 4.96. The zero-order valence-corrected chi connectivity index (χ0v) is 10.9. The first-order valence-corrected chi connectivity index (χ1v) is 7.26. The molecule has 0 amide bonds. The van der Waals surface area contributed by atoms with Gasteiger partial charge in [0.05, 0.1) is 11.3 Å². The van der Waals surface area contributed by atoms with E-state index in [-0.39, 0.29) is 18.1 Å². The molecule has 0 fully saturated rings. The van der Waals surface area contributed by atoms with Crippen LogP contribution in [-0.2, 0) is 9.84 Å². The molecule has 0 saturated heterocycles. The first-order valence-electron chi connectivity index (χ1n) is 5.06. The third-order valence-corrected chi connectivity index (χ3v) is 4.09. The zero-order valence-electron chi connectivity index (χ0n) is 9.35. The van der Waals surface area contributed by atoms with Crippen LogP contribution >= 0.6 is 11.6 Å². The molecule has 1 aromatic carbocycles. The van der Waals surface area contributed by atoms with Crippen molar-refractivity contribution in [3.63, 3.8) is 0 Å². The van der Waals surface area contributed by atoms with Gasteiger partial charge in [-0.1, -0.05) is 18.5 Å². The highest BCUT2D eigenvalue weighted by Crippen LogP contribution is 2.21. The Morgan fingerprint density at radius 3 is 2.71 bits per heavy atom. The van der Waals surface area contributed by atoms with Crippen LogP contribution in [0.2, 0.25) is 5.02 Å².